The van der Waals surface area contributed by atoms with E-state index >= 15 is 0 Å². The summed E-state index contributed by atoms with van der Waals surface area (Å²) < 4.78 is 29.2. The van der Waals surface area contributed by atoms with Gasteiger partial charge in [-0.05, 0) is 61.4 Å². The van der Waals surface area contributed by atoms with Gasteiger partial charge in [0.2, 0.25) is 11.8 Å². The third kappa shape index (κ3) is 8.20. The van der Waals surface area contributed by atoms with E-state index in [1.54, 1.807) is 67.6 Å². The zero-order valence-corrected chi connectivity index (χ0v) is 25.5. The van der Waals surface area contributed by atoms with E-state index in [1.165, 1.54) is 17.0 Å². The smallest absolute Gasteiger partial charge is 0.264 e. The van der Waals surface area contributed by atoms with Crippen LogP contribution in [0.3, 0.4) is 0 Å². The molecule has 2 amide bonds. The third-order valence-electron chi connectivity index (χ3n) is 6.04. The van der Waals surface area contributed by atoms with Gasteiger partial charge in [-0.15, -0.1) is 0 Å². The molecule has 0 spiro atoms. The number of nitrogens with zero attached hydrogens (tertiary/aromatic N) is 2. The van der Waals surface area contributed by atoms with Gasteiger partial charge in [0.05, 0.1) is 20.6 Å². The molecule has 0 unspecified atom stereocenters. The van der Waals surface area contributed by atoms with Crippen molar-refractivity contribution in [3.63, 3.8) is 0 Å². The third-order valence-corrected chi connectivity index (χ3v) is 9.06. The molecule has 1 atom stereocenters. The molecule has 0 fully saturated rings. The zero-order valence-electron chi connectivity index (χ0n) is 21.6. The van der Waals surface area contributed by atoms with Crippen molar-refractivity contribution < 1.29 is 18.0 Å². The lowest BCUT2D eigenvalue weighted by Crippen LogP contribution is -2.51. The number of sulfonamides is 1. The summed E-state index contributed by atoms with van der Waals surface area (Å²) in [7, 11) is -4.12. The van der Waals surface area contributed by atoms with Crippen LogP contribution in [-0.4, -0.2) is 44.3 Å². The predicted octanol–water partition coefficient (Wildman–Crippen LogP) is 6.28. The van der Waals surface area contributed by atoms with Gasteiger partial charge in [-0.3, -0.25) is 13.9 Å². The molecule has 7 nitrogen and oxygen atoms in total. The largest absolute Gasteiger partial charge is 0.354 e. The van der Waals surface area contributed by atoms with Gasteiger partial charge in [0.25, 0.3) is 10.0 Å². The molecule has 0 heterocycles. The monoisotopic (exact) mass is 653 g/mol. The number of benzene rings is 3. The lowest BCUT2D eigenvalue weighted by atomic mass is 10.1. The molecule has 208 valence electrons. The van der Waals surface area contributed by atoms with E-state index in [1.807, 2.05) is 6.92 Å². The molecule has 0 aliphatic carbocycles. The second-order valence-electron chi connectivity index (χ2n) is 8.90. The van der Waals surface area contributed by atoms with Crippen LogP contribution >= 0.6 is 39.1 Å². The van der Waals surface area contributed by atoms with Gasteiger partial charge in [0.1, 0.15) is 12.6 Å². The fourth-order valence-electron chi connectivity index (χ4n) is 3.83. The Hall–Kier alpha value is -2.59. The summed E-state index contributed by atoms with van der Waals surface area (Å²) in [5.41, 5.74) is 0.946. The van der Waals surface area contributed by atoms with Crippen LogP contribution in [-0.2, 0) is 26.2 Å². The number of halogens is 3. The predicted molar refractivity (Wildman–Crippen MR) is 160 cm³/mol. The van der Waals surface area contributed by atoms with Crippen LogP contribution in [0, 0.1) is 0 Å². The summed E-state index contributed by atoms with van der Waals surface area (Å²) in [6.07, 6.45) is 1.70. The SMILES string of the molecule is CCCCNC(=O)[C@H](C)N(Cc1ccc(Cl)c(Cl)c1)C(=O)CN(c1cccc(Br)c1)S(=O)(=O)c1ccccc1. The van der Waals surface area contributed by atoms with Crippen LogP contribution in [0.4, 0.5) is 5.69 Å². The number of nitrogens with one attached hydrogen (secondary N) is 1. The molecule has 3 aromatic carbocycles. The topological polar surface area (TPSA) is 86.8 Å². The molecule has 0 aliphatic heterocycles. The Balaban J connectivity index is 2.00. The molecule has 0 saturated carbocycles. The number of unbranched alkanes of at least 4 members (excludes halogenated alkanes) is 1. The first-order chi connectivity index (χ1) is 18.5. The Kier molecular flexibility index (Phi) is 11.2. The van der Waals surface area contributed by atoms with Crippen LogP contribution < -0.4 is 9.62 Å². The highest BCUT2D eigenvalue weighted by Crippen LogP contribution is 2.28. The zero-order chi connectivity index (χ0) is 28.6. The highest BCUT2D eigenvalue weighted by atomic mass is 79.9. The number of anilines is 1. The molecule has 1 N–H and O–H groups in total. The molecule has 0 saturated heterocycles. The summed E-state index contributed by atoms with van der Waals surface area (Å²) in [4.78, 5) is 28.3. The van der Waals surface area contributed by atoms with Gasteiger partial charge in [-0.1, -0.05) is 82.8 Å². The first-order valence-corrected chi connectivity index (χ1v) is 15.4. The Morgan fingerprint density at radius 3 is 2.33 bits per heavy atom. The van der Waals surface area contributed by atoms with Crippen LogP contribution in [0.2, 0.25) is 10.0 Å². The number of carbonyl (C=O) groups is 2. The van der Waals surface area contributed by atoms with Gasteiger partial charge in [0, 0.05) is 17.6 Å². The van der Waals surface area contributed by atoms with Crippen LogP contribution in [0.25, 0.3) is 0 Å². The number of rotatable bonds is 12. The molecule has 0 bridgehead atoms. The quantitative estimate of drug-likeness (QED) is 0.233. The molecular weight excluding hydrogens is 625 g/mol. The van der Waals surface area contributed by atoms with Crippen LogP contribution in [0.5, 0.6) is 0 Å². The summed E-state index contributed by atoms with van der Waals surface area (Å²) >= 11 is 15.7. The van der Waals surface area contributed by atoms with Crippen molar-refractivity contribution in [2.45, 2.75) is 44.2 Å². The normalized spacial score (nSPS) is 12.0. The van der Waals surface area contributed by atoms with Crippen LogP contribution in [0.1, 0.15) is 32.3 Å². The van der Waals surface area contributed by atoms with Gasteiger partial charge >= 0.3 is 0 Å². The van der Waals surface area contributed by atoms with Crippen molar-refractivity contribution in [2.75, 3.05) is 17.4 Å². The number of amides is 2. The Labute approximate surface area is 248 Å². The first kappa shape index (κ1) is 30.9. The van der Waals surface area contributed by atoms with E-state index in [4.69, 9.17) is 23.2 Å². The number of hydrogen-bond donors (Lipinski definition) is 1. The second-order valence-corrected chi connectivity index (χ2v) is 12.5. The van der Waals surface area contributed by atoms with Crippen molar-refractivity contribution in [1.29, 1.82) is 0 Å². The van der Waals surface area contributed by atoms with Crippen molar-refractivity contribution in [3.8, 4) is 0 Å². The summed E-state index contributed by atoms with van der Waals surface area (Å²) in [6, 6.07) is 18.7. The molecule has 0 aliphatic rings. The Bertz CT molecular complexity index is 1410. The Morgan fingerprint density at radius 1 is 0.974 bits per heavy atom. The molecule has 0 radical (unpaired) electrons. The maximum absolute atomic E-state index is 13.9. The van der Waals surface area contributed by atoms with E-state index in [0.717, 1.165) is 17.1 Å². The summed E-state index contributed by atoms with van der Waals surface area (Å²) in [6.45, 7) is 3.60. The van der Waals surface area contributed by atoms with E-state index in [2.05, 4.69) is 21.2 Å². The number of hydrogen-bond acceptors (Lipinski definition) is 4. The minimum Gasteiger partial charge on any atom is -0.354 e. The summed E-state index contributed by atoms with van der Waals surface area (Å²) in [5.74, 6) is -0.893. The molecule has 11 heteroatoms. The standard InChI is InChI=1S/C28H30BrCl2N3O4S/c1-3-4-15-32-28(36)20(2)33(18-21-13-14-25(30)26(31)16-21)27(35)19-34(23-10-8-9-22(29)17-23)39(37,38)24-11-6-5-7-12-24/h5-14,16-17,20H,3-4,15,18-19H2,1-2H3,(H,32,36)/t20-/m0/s1. The molecule has 3 aromatic rings. The second kappa shape index (κ2) is 14.2. The molecule has 39 heavy (non-hydrogen) atoms. The average molecular weight is 655 g/mol. The minimum atomic E-state index is -4.12. The first-order valence-electron chi connectivity index (χ1n) is 12.4. The van der Waals surface area contributed by atoms with E-state index in [0.29, 0.717) is 32.3 Å². The van der Waals surface area contributed by atoms with Crippen molar-refractivity contribution >= 4 is 66.7 Å². The Morgan fingerprint density at radius 2 is 1.69 bits per heavy atom. The van der Waals surface area contributed by atoms with Crippen molar-refractivity contribution in [2.24, 2.45) is 0 Å². The summed E-state index contributed by atoms with van der Waals surface area (Å²) in [5, 5.41) is 3.52. The highest BCUT2D eigenvalue weighted by Gasteiger charge is 2.32. The van der Waals surface area contributed by atoms with Crippen LogP contribution in [0.15, 0.2) is 82.2 Å². The maximum Gasteiger partial charge on any atom is 0.264 e. The maximum atomic E-state index is 13.9. The fraction of sp³-hybridized carbons (Fsp3) is 0.286. The van der Waals surface area contributed by atoms with Gasteiger partial charge in [-0.25, -0.2) is 8.42 Å². The van der Waals surface area contributed by atoms with Gasteiger partial charge in [-0.2, -0.15) is 0 Å². The molecule has 0 aromatic heterocycles. The number of carbonyl (C=O) groups excluding carboxylic acids is 2. The van der Waals surface area contributed by atoms with Crippen molar-refractivity contribution in [1.82, 2.24) is 10.2 Å². The van der Waals surface area contributed by atoms with E-state index in [9.17, 15) is 18.0 Å². The molecule has 3 rings (SSSR count). The highest BCUT2D eigenvalue weighted by molar-refractivity contribution is 9.10. The lowest BCUT2D eigenvalue weighted by molar-refractivity contribution is -0.139. The van der Waals surface area contributed by atoms with E-state index in [-0.39, 0.29) is 17.3 Å². The van der Waals surface area contributed by atoms with Crippen molar-refractivity contribution in [3.05, 3.63) is 92.9 Å². The lowest BCUT2D eigenvalue weighted by Gasteiger charge is -2.32. The fourth-order valence-corrected chi connectivity index (χ4v) is 5.97. The van der Waals surface area contributed by atoms with Gasteiger partial charge in [0.15, 0.2) is 0 Å². The minimum absolute atomic E-state index is 0.0236. The van der Waals surface area contributed by atoms with Gasteiger partial charge < -0.3 is 10.2 Å². The average Bonchev–Trinajstić information content (AvgIpc) is 2.92. The molecular formula is C28H30BrCl2N3O4S. The van der Waals surface area contributed by atoms with E-state index < -0.39 is 28.5 Å².